The van der Waals surface area contributed by atoms with Crippen molar-refractivity contribution in [3.05, 3.63) is 35.6 Å². The van der Waals surface area contributed by atoms with Gasteiger partial charge in [0.1, 0.15) is 5.82 Å². The summed E-state index contributed by atoms with van der Waals surface area (Å²) in [5, 5.41) is 13.6. The molecule has 1 aliphatic rings. The zero-order valence-corrected chi connectivity index (χ0v) is 13.9. The van der Waals surface area contributed by atoms with Crippen LogP contribution in [0.1, 0.15) is 24.8 Å². The molecular weight excluding hydrogens is 305 g/mol. The van der Waals surface area contributed by atoms with Gasteiger partial charge in [0.2, 0.25) is 0 Å². The van der Waals surface area contributed by atoms with E-state index in [1.54, 1.807) is 17.8 Å². The Bertz CT molecular complexity index is 424. The summed E-state index contributed by atoms with van der Waals surface area (Å²) in [6.07, 6.45) is 2.84. The molecule has 1 aromatic rings. The predicted octanol–water partition coefficient (Wildman–Crippen LogP) is 3.30. The molecule has 2 nitrogen and oxygen atoms in total. The highest BCUT2D eigenvalue weighted by Crippen LogP contribution is 2.24. The van der Waals surface area contributed by atoms with E-state index in [0.29, 0.717) is 0 Å². The molecule has 0 atom stereocenters. The van der Waals surface area contributed by atoms with Gasteiger partial charge in [-0.15, -0.1) is 0 Å². The molecule has 0 spiro atoms. The zero-order chi connectivity index (χ0) is 15.0. The summed E-state index contributed by atoms with van der Waals surface area (Å²) in [6, 6.07) is 6.98. The van der Waals surface area contributed by atoms with E-state index in [1.807, 2.05) is 23.9 Å². The third-order valence-corrected chi connectivity index (χ3v) is 6.11. The normalized spacial score (nSPS) is 17.8. The van der Waals surface area contributed by atoms with Crippen molar-refractivity contribution < 1.29 is 9.50 Å². The molecule has 1 aromatic carbocycles. The van der Waals surface area contributed by atoms with Crippen LogP contribution < -0.4 is 5.32 Å². The smallest absolute Gasteiger partial charge is 0.127 e. The van der Waals surface area contributed by atoms with Crippen LogP contribution in [0.15, 0.2) is 24.3 Å². The number of hydrogen-bond acceptors (Lipinski definition) is 4. The molecule has 118 valence electrons. The zero-order valence-electron chi connectivity index (χ0n) is 12.3. The van der Waals surface area contributed by atoms with Crippen molar-refractivity contribution in [1.82, 2.24) is 5.32 Å². The summed E-state index contributed by atoms with van der Waals surface area (Å²) < 4.78 is 13.4. The van der Waals surface area contributed by atoms with Crippen molar-refractivity contribution in [1.29, 1.82) is 0 Å². The minimum Gasteiger partial charge on any atom is -0.389 e. The minimum absolute atomic E-state index is 0.104. The highest BCUT2D eigenvalue weighted by Gasteiger charge is 2.28. The number of nitrogens with one attached hydrogen (secondary N) is 1. The molecule has 2 N–H and O–H groups in total. The Kier molecular flexibility index (Phi) is 7.37. The summed E-state index contributed by atoms with van der Waals surface area (Å²) in [5.41, 5.74) is 0.329. The summed E-state index contributed by atoms with van der Waals surface area (Å²) >= 11 is 3.62. The summed E-state index contributed by atoms with van der Waals surface area (Å²) in [4.78, 5) is 0. The van der Waals surface area contributed by atoms with Gasteiger partial charge < -0.3 is 10.4 Å². The van der Waals surface area contributed by atoms with Crippen LogP contribution in [-0.4, -0.2) is 41.1 Å². The van der Waals surface area contributed by atoms with E-state index in [9.17, 15) is 9.50 Å². The van der Waals surface area contributed by atoms with Gasteiger partial charge in [-0.2, -0.15) is 23.5 Å². The summed E-state index contributed by atoms with van der Waals surface area (Å²) in [6.45, 7) is 1.85. The lowest BCUT2D eigenvalue weighted by Crippen LogP contribution is -2.43. The topological polar surface area (TPSA) is 32.3 Å². The van der Waals surface area contributed by atoms with Crippen molar-refractivity contribution >= 4 is 23.5 Å². The maximum absolute atomic E-state index is 13.4. The van der Waals surface area contributed by atoms with Gasteiger partial charge in [0, 0.05) is 11.5 Å². The molecule has 0 amide bonds. The van der Waals surface area contributed by atoms with Gasteiger partial charge in [-0.3, -0.25) is 0 Å². The van der Waals surface area contributed by atoms with Crippen LogP contribution in [0, 0.1) is 5.82 Å². The fraction of sp³-hybridized carbons (Fsp3) is 0.625. The first-order valence-corrected chi connectivity index (χ1v) is 9.83. The van der Waals surface area contributed by atoms with E-state index in [1.165, 1.54) is 6.07 Å². The maximum atomic E-state index is 13.4. The molecule has 1 heterocycles. The van der Waals surface area contributed by atoms with E-state index in [-0.39, 0.29) is 5.82 Å². The lowest BCUT2D eigenvalue weighted by Gasteiger charge is -2.32. The van der Waals surface area contributed by atoms with Crippen LogP contribution in [0.3, 0.4) is 0 Å². The van der Waals surface area contributed by atoms with Crippen LogP contribution >= 0.6 is 23.5 Å². The van der Waals surface area contributed by atoms with Crippen molar-refractivity contribution in [2.24, 2.45) is 0 Å². The predicted molar refractivity (Wildman–Crippen MR) is 91.6 cm³/mol. The number of rotatable bonds is 8. The summed E-state index contributed by atoms with van der Waals surface area (Å²) in [7, 11) is 0. The second kappa shape index (κ2) is 9.03. The largest absolute Gasteiger partial charge is 0.389 e. The van der Waals surface area contributed by atoms with E-state index >= 15 is 0 Å². The first-order valence-electron chi connectivity index (χ1n) is 7.52. The highest BCUT2D eigenvalue weighted by atomic mass is 32.2. The van der Waals surface area contributed by atoms with Gasteiger partial charge in [-0.1, -0.05) is 18.2 Å². The average Bonchev–Trinajstić information content (AvgIpc) is 2.49. The van der Waals surface area contributed by atoms with Crippen LogP contribution in [0.2, 0.25) is 0 Å². The Morgan fingerprint density at radius 3 is 2.62 bits per heavy atom. The van der Waals surface area contributed by atoms with Gasteiger partial charge in [0.05, 0.1) is 5.60 Å². The molecule has 0 aromatic heterocycles. The van der Waals surface area contributed by atoms with Crippen LogP contribution in [0.5, 0.6) is 0 Å². The second-order valence-electron chi connectivity index (χ2n) is 5.52. The average molecular weight is 330 g/mol. The molecule has 0 saturated carbocycles. The van der Waals surface area contributed by atoms with Gasteiger partial charge in [-0.05, 0) is 55.5 Å². The van der Waals surface area contributed by atoms with Gasteiger partial charge in [0.25, 0.3) is 0 Å². The Morgan fingerprint density at radius 1 is 1.14 bits per heavy atom. The van der Waals surface area contributed by atoms with Crippen LogP contribution in [0.25, 0.3) is 0 Å². The lowest BCUT2D eigenvalue weighted by molar-refractivity contribution is 0.0339. The molecule has 1 saturated heterocycles. The first kappa shape index (κ1) is 17.1. The molecule has 0 bridgehead atoms. The Balaban J connectivity index is 1.51. The third-order valence-electron chi connectivity index (χ3n) is 3.70. The molecule has 1 aliphatic heterocycles. The van der Waals surface area contributed by atoms with Crippen LogP contribution in [-0.2, 0) is 5.75 Å². The van der Waals surface area contributed by atoms with E-state index in [4.69, 9.17) is 0 Å². The first-order chi connectivity index (χ1) is 10.2. The SMILES string of the molecule is OC1(CSCCCSCc2ccccc2F)CCNCC1. The number of hydrogen-bond donors (Lipinski definition) is 2. The van der Waals surface area contributed by atoms with Crippen LogP contribution in [0.4, 0.5) is 4.39 Å². The quantitative estimate of drug-likeness (QED) is 0.717. The molecule has 0 radical (unpaired) electrons. The van der Waals surface area contributed by atoms with E-state index < -0.39 is 5.60 Å². The molecule has 2 rings (SSSR count). The molecule has 0 aliphatic carbocycles. The van der Waals surface area contributed by atoms with Crippen molar-refractivity contribution in [3.63, 3.8) is 0 Å². The Morgan fingerprint density at radius 2 is 1.86 bits per heavy atom. The van der Waals surface area contributed by atoms with Gasteiger partial charge in [-0.25, -0.2) is 4.39 Å². The van der Waals surface area contributed by atoms with Crippen molar-refractivity contribution in [2.45, 2.75) is 30.6 Å². The van der Waals surface area contributed by atoms with Gasteiger partial charge >= 0.3 is 0 Å². The molecule has 5 heteroatoms. The number of benzene rings is 1. The second-order valence-corrected chi connectivity index (χ2v) is 7.73. The molecule has 0 unspecified atom stereocenters. The monoisotopic (exact) mass is 329 g/mol. The maximum Gasteiger partial charge on any atom is 0.127 e. The van der Waals surface area contributed by atoms with E-state index in [0.717, 1.165) is 60.9 Å². The Labute approximate surface area is 135 Å². The number of halogens is 1. The highest BCUT2D eigenvalue weighted by molar-refractivity contribution is 7.99. The summed E-state index contributed by atoms with van der Waals surface area (Å²) in [5.74, 6) is 3.59. The minimum atomic E-state index is -0.462. The number of aliphatic hydroxyl groups is 1. The third kappa shape index (κ3) is 6.19. The van der Waals surface area contributed by atoms with E-state index in [2.05, 4.69) is 5.32 Å². The lowest BCUT2D eigenvalue weighted by atomic mass is 9.95. The molecule has 1 fully saturated rings. The standard InChI is InChI=1S/C16H24FNOS2/c17-15-5-2-1-4-14(15)12-20-10-3-11-21-13-16(19)6-8-18-9-7-16/h1-2,4-5,18-19H,3,6-13H2. The Hall–Kier alpha value is -0.230. The van der Waals surface area contributed by atoms with Crippen molar-refractivity contribution in [3.8, 4) is 0 Å². The van der Waals surface area contributed by atoms with Gasteiger partial charge in [0.15, 0.2) is 0 Å². The number of piperidine rings is 1. The molecule has 21 heavy (non-hydrogen) atoms. The molecular formula is C16H24FNOS2. The fourth-order valence-electron chi connectivity index (χ4n) is 2.36. The fourth-order valence-corrected chi connectivity index (χ4v) is 4.65. The van der Waals surface area contributed by atoms with Crippen molar-refractivity contribution in [2.75, 3.05) is 30.3 Å². The number of thioether (sulfide) groups is 2.